The first-order chi connectivity index (χ1) is 10.1. The molecule has 21 heavy (non-hydrogen) atoms. The van der Waals surface area contributed by atoms with Gasteiger partial charge in [-0.25, -0.2) is 9.97 Å². The highest BCUT2D eigenvalue weighted by molar-refractivity contribution is 5.84. The predicted molar refractivity (Wildman–Crippen MR) is 81.4 cm³/mol. The summed E-state index contributed by atoms with van der Waals surface area (Å²) in [5.41, 5.74) is 2.51. The fourth-order valence-corrected chi connectivity index (χ4v) is 2.15. The summed E-state index contributed by atoms with van der Waals surface area (Å²) >= 11 is 0. The van der Waals surface area contributed by atoms with Gasteiger partial charge < -0.3 is 9.84 Å². The molecule has 3 aromatic rings. The first-order valence-electron chi connectivity index (χ1n) is 6.82. The van der Waals surface area contributed by atoms with Crippen LogP contribution in [0.2, 0.25) is 0 Å². The number of rotatable bonds is 3. The lowest BCUT2D eigenvalue weighted by molar-refractivity contribution is 0.198. The lowest BCUT2D eigenvalue weighted by Crippen LogP contribution is -1.95. The van der Waals surface area contributed by atoms with Gasteiger partial charge >= 0.3 is 0 Å². The Kier molecular flexibility index (Phi) is 3.54. The van der Waals surface area contributed by atoms with Crippen molar-refractivity contribution in [1.29, 1.82) is 0 Å². The molecule has 2 heterocycles. The van der Waals surface area contributed by atoms with E-state index in [0.29, 0.717) is 11.6 Å². The van der Waals surface area contributed by atoms with Crippen molar-refractivity contribution in [2.75, 3.05) is 0 Å². The Morgan fingerprint density at radius 1 is 1.14 bits per heavy atom. The number of aromatic nitrogens is 2. The molecule has 1 N–H and O–H groups in total. The maximum atomic E-state index is 9.63. The van der Waals surface area contributed by atoms with Crippen LogP contribution in [0.4, 0.5) is 0 Å². The maximum absolute atomic E-state index is 9.63. The number of aliphatic hydroxyl groups is 1. The molecule has 0 saturated carbocycles. The number of aliphatic hydroxyl groups excluding tert-OH is 1. The monoisotopic (exact) mass is 280 g/mol. The molecular weight excluding hydrogens is 264 g/mol. The van der Waals surface area contributed by atoms with Crippen LogP contribution >= 0.6 is 0 Å². The third-order valence-corrected chi connectivity index (χ3v) is 3.28. The van der Waals surface area contributed by atoms with Gasteiger partial charge in [0.1, 0.15) is 5.52 Å². The van der Waals surface area contributed by atoms with E-state index in [9.17, 15) is 5.11 Å². The average Bonchev–Trinajstić information content (AvgIpc) is 2.48. The standard InChI is InChI=1S/C17H16N2O2/c1-11-6-7-13-4-3-5-15(17(13)19-11)21-16-10-14(12(2)20)8-9-18-16/h3-10,12,20H,1-2H3/t12-/m1/s1. The molecule has 106 valence electrons. The van der Waals surface area contributed by atoms with E-state index in [1.807, 2.05) is 37.3 Å². The first kappa shape index (κ1) is 13.5. The van der Waals surface area contributed by atoms with Crippen molar-refractivity contribution in [3.63, 3.8) is 0 Å². The number of pyridine rings is 2. The van der Waals surface area contributed by atoms with E-state index < -0.39 is 6.10 Å². The van der Waals surface area contributed by atoms with Gasteiger partial charge in [0.25, 0.3) is 0 Å². The molecular formula is C17H16N2O2. The molecule has 1 atom stereocenters. The van der Waals surface area contributed by atoms with Crippen LogP contribution < -0.4 is 4.74 Å². The molecule has 4 heteroatoms. The zero-order valence-corrected chi connectivity index (χ0v) is 11.9. The summed E-state index contributed by atoms with van der Waals surface area (Å²) in [6.07, 6.45) is 1.07. The molecule has 0 aliphatic carbocycles. The van der Waals surface area contributed by atoms with Gasteiger partial charge in [0.2, 0.25) is 5.88 Å². The van der Waals surface area contributed by atoms with E-state index in [0.717, 1.165) is 22.2 Å². The fourth-order valence-electron chi connectivity index (χ4n) is 2.15. The van der Waals surface area contributed by atoms with Crippen LogP contribution in [-0.2, 0) is 0 Å². The van der Waals surface area contributed by atoms with Gasteiger partial charge in [0.05, 0.1) is 6.10 Å². The Bertz CT molecular complexity index is 785. The van der Waals surface area contributed by atoms with Gasteiger partial charge in [0.15, 0.2) is 5.75 Å². The first-order valence-corrected chi connectivity index (χ1v) is 6.82. The summed E-state index contributed by atoms with van der Waals surface area (Å²) in [4.78, 5) is 8.71. The summed E-state index contributed by atoms with van der Waals surface area (Å²) in [6, 6.07) is 13.3. The van der Waals surface area contributed by atoms with Crippen LogP contribution in [-0.4, -0.2) is 15.1 Å². The molecule has 0 spiro atoms. The number of nitrogens with zero attached hydrogens (tertiary/aromatic N) is 2. The second-order valence-corrected chi connectivity index (χ2v) is 4.99. The van der Waals surface area contributed by atoms with E-state index in [2.05, 4.69) is 9.97 Å². The lowest BCUT2D eigenvalue weighted by atomic mass is 10.2. The average molecular weight is 280 g/mol. The summed E-state index contributed by atoms with van der Waals surface area (Å²) in [7, 11) is 0. The quantitative estimate of drug-likeness (QED) is 0.793. The van der Waals surface area contributed by atoms with Crippen LogP contribution in [0.3, 0.4) is 0 Å². The second-order valence-electron chi connectivity index (χ2n) is 4.99. The van der Waals surface area contributed by atoms with Crippen molar-refractivity contribution in [2.24, 2.45) is 0 Å². The third kappa shape index (κ3) is 2.85. The highest BCUT2D eigenvalue weighted by Gasteiger charge is 2.08. The minimum atomic E-state index is -0.553. The molecule has 3 rings (SSSR count). The molecule has 0 unspecified atom stereocenters. The number of aryl methyl sites for hydroxylation is 1. The van der Waals surface area contributed by atoms with Crippen LogP contribution in [0, 0.1) is 6.92 Å². The molecule has 0 aliphatic heterocycles. The normalized spacial score (nSPS) is 12.3. The van der Waals surface area contributed by atoms with E-state index in [1.54, 1.807) is 25.3 Å². The van der Waals surface area contributed by atoms with E-state index in [4.69, 9.17) is 4.74 Å². The van der Waals surface area contributed by atoms with Crippen molar-refractivity contribution < 1.29 is 9.84 Å². The van der Waals surface area contributed by atoms with Crippen LogP contribution in [0.15, 0.2) is 48.7 Å². The van der Waals surface area contributed by atoms with E-state index in [1.165, 1.54) is 0 Å². The van der Waals surface area contributed by atoms with Crippen molar-refractivity contribution in [1.82, 2.24) is 9.97 Å². The van der Waals surface area contributed by atoms with Crippen LogP contribution in [0.25, 0.3) is 10.9 Å². The second kappa shape index (κ2) is 5.50. The number of para-hydroxylation sites is 1. The van der Waals surface area contributed by atoms with E-state index in [-0.39, 0.29) is 0 Å². The van der Waals surface area contributed by atoms with Crippen molar-refractivity contribution in [2.45, 2.75) is 20.0 Å². The molecule has 0 amide bonds. The maximum Gasteiger partial charge on any atom is 0.219 e. The van der Waals surface area contributed by atoms with Crippen molar-refractivity contribution in [3.8, 4) is 11.6 Å². The van der Waals surface area contributed by atoms with Crippen LogP contribution in [0.5, 0.6) is 11.6 Å². The summed E-state index contributed by atoms with van der Waals surface area (Å²) in [5.74, 6) is 1.11. The van der Waals surface area contributed by atoms with Crippen molar-refractivity contribution >= 4 is 10.9 Å². The number of hydrogen-bond acceptors (Lipinski definition) is 4. The van der Waals surface area contributed by atoms with Gasteiger partial charge in [-0.15, -0.1) is 0 Å². The zero-order valence-electron chi connectivity index (χ0n) is 11.9. The van der Waals surface area contributed by atoms with Gasteiger partial charge in [-0.05, 0) is 37.6 Å². The summed E-state index contributed by atoms with van der Waals surface area (Å²) < 4.78 is 5.85. The highest BCUT2D eigenvalue weighted by Crippen LogP contribution is 2.28. The number of ether oxygens (including phenoxy) is 1. The SMILES string of the molecule is Cc1ccc2cccc(Oc3cc([C@@H](C)O)ccn3)c2n1. The van der Waals surface area contributed by atoms with Gasteiger partial charge in [-0.1, -0.05) is 18.2 Å². The van der Waals surface area contributed by atoms with E-state index >= 15 is 0 Å². The molecule has 0 fully saturated rings. The number of fused-ring (bicyclic) bond motifs is 1. The molecule has 0 radical (unpaired) electrons. The zero-order chi connectivity index (χ0) is 14.8. The molecule has 2 aromatic heterocycles. The minimum absolute atomic E-state index is 0.448. The Morgan fingerprint density at radius 3 is 2.81 bits per heavy atom. The Hall–Kier alpha value is -2.46. The molecule has 0 aliphatic rings. The molecule has 0 bridgehead atoms. The Labute approximate surface area is 123 Å². The topological polar surface area (TPSA) is 55.2 Å². The fraction of sp³-hybridized carbons (Fsp3) is 0.176. The molecule has 1 aromatic carbocycles. The lowest BCUT2D eigenvalue weighted by Gasteiger charge is -2.10. The Balaban J connectivity index is 2.02. The van der Waals surface area contributed by atoms with Crippen molar-refractivity contribution in [3.05, 3.63) is 59.9 Å². The predicted octanol–water partition coefficient (Wildman–Crippen LogP) is 3.78. The Morgan fingerprint density at radius 2 is 2.00 bits per heavy atom. The minimum Gasteiger partial charge on any atom is -0.437 e. The number of hydrogen-bond donors (Lipinski definition) is 1. The third-order valence-electron chi connectivity index (χ3n) is 3.28. The smallest absolute Gasteiger partial charge is 0.219 e. The van der Waals surface area contributed by atoms with Gasteiger partial charge in [-0.2, -0.15) is 0 Å². The largest absolute Gasteiger partial charge is 0.437 e. The van der Waals surface area contributed by atoms with Gasteiger partial charge in [-0.3, -0.25) is 0 Å². The molecule has 4 nitrogen and oxygen atoms in total. The molecule has 0 saturated heterocycles. The number of benzene rings is 1. The van der Waals surface area contributed by atoms with Gasteiger partial charge in [0, 0.05) is 23.3 Å². The van der Waals surface area contributed by atoms with Crippen LogP contribution in [0.1, 0.15) is 24.3 Å². The summed E-state index contributed by atoms with van der Waals surface area (Å²) in [6.45, 7) is 3.66. The summed E-state index contributed by atoms with van der Waals surface area (Å²) in [5, 5.41) is 10.6. The highest BCUT2D eigenvalue weighted by atomic mass is 16.5.